The van der Waals surface area contributed by atoms with Crippen LogP contribution in [-0.4, -0.2) is 42.1 Å². The molecule has 2 amide bonds. The quantitative estimate of drug-likeness (QED) is 0.632. The Morgan fingerprint density at radius 3 is 2.37 bits per heavy atom. The van der Waals surface area contributed by atoms with E-state index in [0.29, 0.717) is 12.3 Å². The van der Waals surface area contributed by atoms with Gasteiger partial charge in [-0.3, -0.25) is 9.59 Å². The van der Waals surface area contributed by atoms with Crippen molar-refractivity contribution in [1.29, 1.82) is 0 Å². The fourth-order valence-electron chi connectivity index (χ4n) is 2.70. The molecule has 4 nitrogen and oxygen atoms in total. The summed E-state index contributed by atoms with van der Waals surface area (Å²) >= 11 is 4.99. The highest BCUT2D eigenvalue weighted by Crippen LogP contribution is 2.17. The standard InChI is InChI=1S/C21H25BrN2O2S/c1-16(21(26)23-2)24(13-12-17-6-4-3-5-7-17)20(25)15-27-14-18-8-10-19(22)11-9-18/h3-11,16H,12-15H2,1-2H3,(H,23,26)/t16-/m0/s1. The molecule has 0 saturated carbocycles. The van der Waals surface area contributed by atoms with Crippen LogP contribution in [0.2, 0.25) is 0 Å². The summed E-state index contributed by atoms with van der Waals surface area (Å²) in [4.78, 5) is 26.5. The van der Waals surface area contributed by atoms with Crippen LogP contribution in [0.1, 0.15) is 18.1 Å². The number of likely N-dealkylation sites (N-methyl/N-ethyl adjacent to an activating group) is 1. The van der Waals surface area contributed by atoms with Gasteiger partial charge in [0, 0.05) is 23.8 Å². The number of thioether (sulfide) groups is 1. The fourth-order valence-corrected chi connectivity index (χ4v) is 3.83. The van der Waals surface area contributed by atoms with Gasteiger partial charge < -0.3 is 10.2 Å². The molecule has 1 atom stereocenters. The molecule has 2 aromatic rings. The molecular formula is C21H25BrN2O2S. The van der Waals surface area contributed by atoms with Gasteiger partial charge in [0.15, 0.2) is 0 Å². The maximum atomic E-state index is 12.8. The zero-order valence-corrected chi connectivity index (χ0v) is 18.1. The van der Waals surface area contributed by atoms with Crippen LogP contribution in [0.5, 0.6) is 0 Å². The van der Waals surface area contributed by atoms with Gasteiger partial charge in [0.1, 0.15) is 6.04 Å². The van der Waals surface area contributed by atoms with E-state index < -0.39 is 6.04 Å². The molecule has 0 aliphatic heterocycles. The Labute approximate surface area is 173 Å². The van der Waals surface area contributed by atoms with Gasteiger partial charge in [0.05, 0.1) is 5.75 Å². The van der Waals surface area contributed by atoms with E-state index in [9.17, 15) is 9.59 Å². The molecule has 1 N–H and O–H groups in total. The van der Waals surface area contributed by atoms with Crippen molar-refractivity contribution in [3.05, 3.63) is 70.2 Å². The smallest absolute Gasteiger partial charge is 0.242 e. The molecule has 0 radical (unpaired) electrons. The summed E-state index contributed by atoms with van der Waals surface area (Å²) in [5.74, 6) is 0.963. The molecule has 0 saturated heterocycles. The van der Waals surface area contributed by atoms with Crippen LogP contribution in [0.4, 0.5) is 0 Å². The largest absolute Gasteiger partial charge is 0.357 e. The maximum Gasteiger partial charge on any atom is 0.242 e. The third-order valence-electron chi connectivity index (χ3n) is 4.31. The van der Waals surface area contributed by atoms with Crippen LogP contribution in [-0.2, 0) is 21.8 Å². The van der Waals surface area contributed by atoms with Gasteiger partial charge in [0.2, 0.25) is 11.8 Å². The summed E-state index contributed by atoms with van der Waals surface area (Å²) in [6.07, 6.45) is 0.727. The van der Waals surface area contributed by atoms with Crippen LogP contribution in [0, 0.1) is 0 Å². The van der Waals surface area contributed by atoms with E-state index in [0.717, 1.165) is 22.2 Å². The number of rotatable bonds is 9. The minimum Gasteiger partial charge on any atom is -0.357 e. The lowest BCUT2D eigenvalue weighted by Gasteiger charge is -2.28. The molecule has 0 bridgehead atoms. The normalized spacial score (nSPS) is 11.7. The van der Waals surface area contributed by atoms with Crippen molar-refractivity contribution in [3.8, 4) is 0 Å². The lowest BCUT2D eigenvalue weighted by molar-refractivity contribution is -0.137. The highest BCUT2D eigenvalue weighted by Gasteiger charge is 2.24. The Kier molecular flexibility index (Phi) is 8.88. The van der Waals surface area contributed by atoms with Crippen molar-refractivity contribution in [1.82, 2.24) is 10.2 Å². The molecule has 0 aliphatic carbocycles. The van der Waals surface area contributed by atoms with Crippen LogP contribution < -0.4 is 5.32 Å². The van der Waals surface area contributed by atoms with E-state index in [4.69, 9.17) is 0 Å². The van der Waals surface area contributed by atoms with E-state index >= 15 is 0 Å². The predicted octanol–water partition coefficient (Wildman–Crippen LogP) is 3.89. The van der Waals surface area contributed by atoms with Gasteiger partial charge in [-0.2, -0.15) is 0 Å². The number of carbonyl (C=O) groups excluding carboxylic acids is 2. The summed E-state index contributed by atoms with van der Waals surface area (Å²) in [5.41, 5.74) is 2.33. The van der Waals surface area contributed by atoms with Crippen LogP contribution >= 0.6 is 27.7 Å². The zero-order valence-electron chi connectivity index (χ0n) is 15.7. The molecule has 27 heavy (non-hydrogen) atoms. The lowest BCUT2D eigenvalue weighted by atomic mass is 10.1. The molecule has 0 fully saturated rings. The Morgan fingerprint density at radius 2 is 1.74 bits per heavy atom. The SMILES string of the molecule is CNC(=O)[C@H](C)N(CCc1ccccc1)C(=O)CSCc1ccc(Br)cc1. The van der Waals surface area contributed by atoms with Gasteiger partial charge in [0.25, 0.3) is 0 Å². The van der Waals surface area contributed by atoms with Gasteiger partial charge in [-0.25, -0.2) is 0 Å². The lowest BCUT2D eigenvalue weighted by Crippen LogP contribution is -2.48. The molecule has 2 aromatic carbocycles. The number of hydrogen-bond donors (Lipinski definition) is 1. The number of amides is 2. The van der Waals surface area contributed by atoms with Crippen molar-refractivity contribution in [2.24, 2.45) is 0 Å². The van der Waals surface area contributed by atoms with Crippen molar-refractivity contribution in [3.63, 3.8) is 0 Å². The molecule has 6 heteroatoms. The zero-order chi connectivity index (χ0) is 19.6. The highest BCUT2D eigenvalue weighted by atomic mass is 79.9. The van der Waals surface area contributed by atoms with Crippen molar-refractivity contribution >= 4 is 39.5 Å². The summed E-state index contributed by atoms with van der Waals surface area (Å²) in [5, 5.41) is 2.64. The minimum absolute atomic E-state index is 0.0101. The number of benzene rings is 2. The van der Waals surface area contributed by atoms with E-state index in [1.54, 1.807) is 30.6 Å². The predicted molar refractivity (Wildman–Crippen MR) is 116 cm³/mol. The Balaban J connectivity index is 1.94. The van der Waals surface area contributed by atoms with E-state index in [-0.39, 0.29) is 11.8 Å². The second-order valence-corrected chi connectivity index (χ2v) is 8.13. The average Bonchev–Trinajstić information content (AvgIpc) is 2.69. The Bertz CT molecular complexity index is 738. The summed E-state index contributed by atoms with van der Waals surface area (Å²) in [6.45, 7) is 2.30. The van der Waals surface area contributed by atoms with E-state index in [1.807, 2.05) is 54.6 Å². The van der Waals surface area contributed by atoms with Crippen LogP contribution in [0.25, 0.3) is 0 Å². The maximum absolute atomic E-state index is 12.8. The first-order valence-corrected chi connectivity index (χ1v) is 10.8. The second kappa shape index (κ2) is 11.1. The molecule has 2 rings (SSSR count). The molecule has 0 heterocycles. The van der Waals surface area contributed by atoms with Crippen molar-refractivity contribution in [2.75, 3.05) is 19.3 Å². The molecule has 0 unspecified atom stereocenters. The van der Waals surface area contributed by atoms with E-state index in [1.165, 1.54) is 5.56 Å². The number of halogens is 1. The third-order valence-corrected chi connectivity index (χ3v) is 5.82. The van der Waals surface area contributed by atoms with Gasteiger partial charge in [-0.1, -0.05) is 58.4 Å². The fraction of sp³-hybridized carbons (Fsp3) is 0.333. The van der Waals surface area contributed by atoms with Gasteiger partial charge in [-0.15, -0.1) is 11.8 Å². The average molecular weight is 449 g/mol. The third kappa shape index (κ3) is 7.03. The number of nitrogens with one attached hydrogen (secondary N) is 1. The second-order valence-electron chi connectivity index (χ2n) is 6.23. The topological polar surface area (TPSA) is 49.4 Å². The minimum atomic E-state index is -0.487. The number of hydrogen-bond acceptors (Lipinski definition) is 3. The monoisotopic (exact) mass is 448 g/mol. The molecular weight excluding hydrogens is 424 g/mol. The first-order chi connectivity index (χ1) is 13.0. The molecule has 144 valence electrons. The van der Waals surface area contributed by atoms with E-state index in [2.05, 4.69) is 21.2 Å². The Hall–Kier alpha value is -1.79. The van der Waals surface area contributed by atoms with Crippen LogP contribution in [0.15, 0.2) is 59.1 Å². The highest BCUT2D eigenvalue weighted by molar-refractivity contribution is 9.10. The van der Waals surface area contributed by atoms with Gasteiger partial charge >= 0.3 is 0 Å². The molecule has 0 aliphatic rings. The number of nitrogens with zero attached hydrogens (tertiary/aromatic N) is 1. The molecule has 0 spiro atoms. The van der Waals surface area contributed by atoms with Crippen LogP contribution in [0.3, 0.4) is 0 Å². The first kappa shape index (κ1) is 21.5. The van der Waals surface area contributed by atoms with Gasteiger partial charge in [-0.05, 0) is 36.6 Å². The first-order valence-electron chi connectivity index (χ1n) is 8.88. The number of carbonyl (C=O) groups is 2. The molecule has 0 aromatic heterocycles. The van der Waals surface area contributed by atoms with Crippen molar-refractivity contribution < 1.29 is 9.59 Å². The van der Waals surface area contributed by atoms with Crippen molar-refractivity contribution in [2.45, 2.75) is 25.1 Å². The summed E-state index contributed by atoms with van der Waals surface area (Å²) in [7, 11) is 1.60. The summed E-state index contributed by atoms with van der Waals surface area (Å²) < 4.78 is 1.04. The Morgan fingerprint density at radius 1 is 1.07 bits per heavy atom. The summed E-state index contributed by atoms with van der Waals surface area (Å²) in [6, 6.07) is 17.6.